The molecule has 0 saturated carbocycles. The Kier molecular flexibility index (Phi) is 6.26. The predicted molar refractivity (Wildman–Crippen MR) is 133 cm³/mol. The Balaban J connectivity index is 1.39. The Bertz CT molecular complexity index is 1230. The summed E-state index contributed by atoms with van der Waals surface area (Å²) < 4.78 is 5.63. The van der Waals surface area contributed by atoms with Gasteiger partial charge in [0, 0.05) is 35.8 Å². The molecule has 34 heavy (non-hydrogen) atoms. The molecule has 0 radical (unpaired) electrons. The maximum absolute atomic E-state index is 13.7. The number of rotatable bonds is 4. The first-order chi connectivity index (χ1) is 16.5. The molecule has 2 aromatic carbocycles. The summed E-state index contributed by atoms with van der Waals surface area (Å²) in [5.41, 5.74) is 4.61. The number of anilines is 1. The Morgan fingerprint density at radius 3 is 2.82 bits per heavy atom. The van der Waals surface area contributed by atoms with E-state index < -0.39 is 0 Å². The average Bonchev–Trinajstić information content (AvgIpc) is 3.03. The molecule has 0 aromatic heterocycles. The third-order valence-corrected chi connectivity index (χ3v) is 6.89. The smallest absolute Gasteiger partial charge is 0.255 e. The Labute approximate surface area is 203 Å². The number of Topliss-reactive ketones (excluding diaryl/α,β-unsaturated/α-hetero) is 1. The van der Waals surface area contributed by atoms with Gasteiger partial charge in [-0.25, -0.2) is 0 Å². The van der Waals surface area contributed by atoms with E-state index in [0.717, 1.165) is 23.4 Å². The van der Waals surface area contributed by atoms with Crippen LogP contribution in [0, 0.1) is 12.8 Å². The van der Waals surface area contributed by atoms with Gasteiger partial charge >= 0.3 is 0 Å². The maximum Gasteiger partial charge on any atom is 0.255 e. The van der Waals surface area contributed by atoms with E-state index in [1.54, 1.807) is 24.3 Å². The number of nitrogens with one attached hydrogen (secondary N) is 2. The van der Waals surface area contributed by atoms with E-state index in [0.29, 0.717) is 41.5 Å². The fourth-order valence-electron chi connectivity index (χ4n) is 4.85. The molecule has 2 aliphatic heterocycles. The van der Waals surface area contributed by atoms with E-state index in [-0.39, 0.29) is 23.7 Å². The van der Waals surface area contributed by atoms with Crippen LogP contribution in [0.15, 0.2) is 78.3 Å². The zero-order valence-corrected chi connectivity index (χ0v) is 19.6. The zero-order chi connectivity index (χ0) is 23.7. The summed E-state index contributed by atoms with van der Waals surface area (Å²) in [6.45, 7) is 3.76. The van der Waals surface area contributed by atoms with Crippen LogP contribution in [0.4, 0.5) is 5.69 Å². The largest absolute Gasteiger partial charge is 0.373 e. The van der Waals surface area contributed by atoms with Crippen LogP contribution in [0.3, 0.4) is 0 Å². The Morgan fingerprint density at radius 2 is 2.00 bits per heavy atom. The molecule has 1 aliphatic carbocycles. The summed E-state index contributed by atoms with van der Waals surface area (Å²) >= 11 is 6.59. The van der Waals surface area contributed by atoms with Crippen molar-refractivity contribution < 1.29 is 14.3 Å². The summed E-state index contributed by atoms with van der Waals surface area (Å²) in [5, 5.41) is 6.44. The quantitative estimate of drug-likeness (QED) is 0.628. The highest BCUT2D eigenvalue weighted by molar-refractivity contribution is 6.34. The monoisotopic (exact) mass is 475 g/mol. The number of hydrogen-bond donors (Lipinski definition) is 2. The van der Waals surface area contributed by atoms with Crippen molar-refractivity contribution in [3.05, 3.63) is 100.0 Å². The van der Waals surface area contributed by atoms with E-state index in [4.69, 9.17) is 16.3 Å². The summed E-state index contributed by atoms with van der Waals surface area (Å²) in [4.78, 5) is 28.7. The normalized spacial score (nSPS) is 21.3. The summed E-state index contributed by atoms with van der Waals surface area (Å²) in [6, 6.07) is 12.4. The highest BCUT2D eigenvalue weighted by atomic mass is 35.5. The van der Waals surface area contributed by atoms with E-state index in [1.807, 2.05) is 43.6 Å². The van der Waals surface area contributed by atoms with Crippen LogP contribution >= 0.6 is 11.6 Å². The lowest BCUT2D eigenvalue weighted by molar-refractivity contribution is 0.0455. The standard InChI is InChI=1S/C27H26ClN3O3/c1-17-5-2-3-7-21(17)27(33)30-19-9-10-22(24(28)13-19)26(32)23-8-4-6-18-14-29-15-20-16-34-12-11-31(20)25(18)23/h2-7,9-10,13-15,23,25,29H,8,11-12,16H2,1H3,(H,30,33). The molecular formula is C27H26ClN3O3. The van der Waals surface area contributed by atoms with E-state index in [9.17, 15) is 9.59 Å². The molecule has 0 bridgehead atoms. The first kappa shape index (κ1) is 22.4. The number of hydrogen-bond acceptors (Lipinski definition) is 5. The van der Waals surface area contributed by atoms with Crippen molar-refractivity contribution >= 4 is 29.0 Å². The molecule has 2 aromatic rings. The van der Waals surface area contributed by atoms with Crippen molar-refractivity contribution in [2.45, 2.75) is 19.4 Å². The highest BCUT2D eigenvalue weighted by Crippen LogP contribution is 2.36. The number of ether oxygens (including phenoxy) is 1. The predicted octanol–water partition coefficient (Wildman–Crippen LogP) is 4.69. The van der Waals surface area contributed by atoms with E-state index >= 15 is 0 Å². The third kappa shape index (κ3) is 4.27. The summed E-state index contributed by atoms with van der Waals surface area (Å²) in [7, 11) is 0. The van der Waals surface area contributed by atoms with Crippen LogP contribution in [0.25, 0.3) is 0 Å². The highest BCUT2D eigenvalue weighted by Gasteiger charge is 2.39. The van der Waals surface area contributed by atoms with Gasteiger partial charge in [0.05, 0.1) is 35.9 Å². The number of aryl methyl sites for hydroxylation is 1. The second kappa shape index (κ2) is 9.49. The minimum atomic E-state index is -0.275. The molecule has 0 spiro atoms. The number of carbonyl (C=O) groups is 2. The van der Waals surface area contributed by atoms with Gasteiger partial charge in [0.25, 0.3) is 5.91 Å². The molecule has 7 heteroatoms. The zero-order valence-electron chi connectivity index (χ0n) is 18.9. The van der Waals surface area contributed by atoms with Crippen LogP contribution < -0.4 is 10.6 Å². The van der Waals surface area contributed by atoms with E-state index in [2.05, 4.69) is 21.6 Å². The number of nitrogens with zero attached hydrogens (tertiary/aromatic N) is 1. The van der Waals surface area contributed by atoms with Gasteiger partial charge in [0.2, 0.25) is 0 Å². The van der Waals surface area contributed by atoms with Crippen LogP contribution in [0.2, 0.25) is 5.02 Å². The van der Waals surface area contributed by atoms with Crippen LogP contribution in [0.1, 0.15) is 32.7 Å². The molecule has 2 heterocycles. The number of morpholine rings is 1. The average molecular weight is 476 g/mol. The Morgan fingerprint density at radius 1 is 1.15 bits per heavy atom. The molecule has 2 N–H and O–H groups in total. The first-order valence-corrected chi connectivity index (χ1v) is 11.8. The molecule has 6 nitrogen and oxygen atoms in total. The third-order valence-electron chi connectivity index (χ3n) is 6.57. The molecule has 2 atom stereocenters. The number of carbonyl (C=O) groups excluding carboxylic acids is 2. The van der Waals surface area contributed by atoms with Crippen LogP contribution in [0.5, 0.6) is 0 Å². The first-order valence-electron chi connectivity index (χ1n) is 11.4. The number of ketones is 1. The van der Waals surface area contributed by atoms with Crippen LogP contribution in [-0.2, 0) is 4.74 Å². The minimum Gasteiger partial charge on any atom is -0.373 e. The van der Waals surface area contributed by atoms with Gasteiger partial charge in [0.15, 0.2) is 5.78 Å². The molecule has 3 aliphatic rings. The van der Waals surface area contributed by atoms with Gasteiger partial charge in [-0.2, -0.15) is 0 Å². The number of benzene rings is 2. The fourth-order valence-corrected chi connectivity index (χ4v) is 5.13. The lowest BCUT2D eigenvalue weighted by atomic mass is 9.79. The van der Waals surface area contributed by atoms with Crippen molar-refractivity contribution in [3.8, 4) is 0 Å². The van der Waals surface area contributed by atoms with Gasteiger partial charge < -0.3 is 20.3 Å². The molecule has 174 valence electrons. The van der Waals surface area contributed by atoms with Crippen LogP contribution in [-0.4, -0.2) is 42.4 Å². The molecule has 5 rings (SSSR count). The lowest BCUT2D eigenvalue weighted by Gasteiger charge is -2.42. The molecule has 1 amide bonds. The lowest BCUT2D eigenvalue weighted by Crippen LogP contribution is -2.48. The molecular weight excluding hydrogens is 450 g/mol. The molecule has 1 saturated heterocycles. The number of amides is 1. The number of halogens is 1. The van der Waals surface area contributed by atoms with Gasteiger partial charge in [-0.1, -0.05) is 42.0 Å². The van der Waals surface area contributed by atoms with Crippen molar-refractivity contribution in [2.75, 3.05) is 25.1 Å². The maximum atomic E-state index is 13.7. The number of fused-ring (bicyclic) bond motifs is 3. The van der Waals surface area contributed by atoms with Gasteiger partial charge in [-0.15, -0.1) is 0 Å². The van der Waals surface area contributed by atoms with Crippen molar-refractivity contribution in [1.82, 2.24) is 10.2 Å². The summed E-state index contributed by atoms with van der Waals surface area (Å²) in [6.07, 6.45) is 8.66. The second-order valence-electron chi connectivity index (χ2n) is 8.71. The van der Waals surface area contributed by atoms with Gasteiger partial charge in [0.1, 0.15) is 0 Å². The molecule has 2 unspecified atom stereocenters. The topological polar surface area (TPSA) is 70.7 Å². The van der Waals surface area contributed by atoms with Gasteiger partial charge in [-0.3, -0.25) is 9.59 Å². The van der Waals surface area contributed by atoms with Crippen molar-refractivity contribution in [3.63, 3.8) is 0 Å². The van der Waals surface area contributed by atoms with Crippen molar-refractivity contribution in [2.24, 2.45) is 5.92 Å². The fraction of sp³-hybridized carbons (Fsp3) is 0.259. The molecule has 1 fully saturated rings. The minimum absolute atomic E-state index is 0.00484. The second-order valence-corrected chi connectivity index (χ2v) is 9.12. The summed E-state index contributed by atoms with van der Waals surface area (Å²) in [5.74, 6) is -0.490. The number of allylic oxidation sites excluding steroid dienone is 1. The van der Waals surface area contributed by atoms with Gasteiger partial charge in [-0.05, 0) is 48.7 Å². The SMILES string of the molecule is Cc1ccccc1C(=O)Nc1ccc(C(=O)C2CC=CC3=CNC=C4COCCN4C32)c(Cl)c1. The van der Waals surface area contributed by atoms with Crippen molar-refractivity contribution in [1.29, 1.82) is 0 Å². The Hall–Kier alpha value is -3.35. The van der Waals surface area contributed by atoms with E-state index in [1.165, 1.54) is 0 Å².